The van der Waals surface area contributed by atoms with Gasteiger partial charge < -0.3 is 10.1 Å². The molecule has 0 aliphatic rings. The van der Waals surface area contributed by atoms with E-state index < -0.39 is 0 Å². The van der Waals surface area contributed by atoms with Crippen LogP contribution in [0.2, 0.25) is 0 Å². The lowest BCUT2D eigenvalue weighted by Gasteiger charge is -2.06. The van der Waals surface area contributed by atoms with Gasteiger partial charge in [0, 0.05) is 12.4 Å². The molecule has 0 spiro atoms. The third-order valence-electron chi connectivity index (χ3n) is 1.42. The predicted octanol–water partition coefficient (Wildman–Crippen LogP) is -0.270. The summed E-state index contributed by atoms with van der Waals surface area (Å²) in [5.41, 5.74) is -0.179. The van der Waals surface area contributed by atoms with E-state index in [9.17, 15) is 4.79 Å². The standard InChI is InChI=1S/C6H10N2O2/c1-5(4-9)8-3-2-7-6(8)10/h2-3,5,9H,4H2,1H3,(H,7,10). The van der Waals surface area contributed by atoms with Gasteiger partial charge in [-0.2, -0.15) is 0 Å². The van der Waals surface area contributed by atoms with Crippen molar-refractivity contribution >= 4 is 0 Å². The highest BCUT2D eigenvalue weighted by Crippen LogP contribution is 1.97. The van der Waals surface area contributed by atoms with Gasteiger partial charge in [-0.3, -0.25) is 4.57 Å². The smallest absolute Gasteiger partial charge is 0.325 e. The minimum absolute atomic E-state index is 0.0161. The first-order valence-corrected chi connectivity index (χ1v) is 3.12. The van der Waals surface area contributed by atoms with Crippen LogP contribution in [0.25, 0.3) is 0 Å². The number of aromatic nitrogens is 2. The Morgan fingerprint density at radius 3 is 3.00 bits per heavy atom. The molecule has 4 nitrogen and oxygen atoms in total. The van der Waals surface area contributed by atoms with Gasteiger partial charge in [0.2, 0.25) is 0 Å². The summed E-state index contributed by atoms with van der Waals surface area (Å²) < 4.78 is 1.44. The van der Waals surface area contributed by atoms with Crippen molar-refractivity contribution in [1.29, 1.82) is 0 Å². The van der Waals surface area contributed by atoms with E-state index in [1.807, 2.05) is 0 Å². The van der Waals surface area contributed by atoms with Gasteiger partial charge in [0.1, 0.15) is 0 Å². The third kappa shape index (κ3) is 1.11. The topological polar surface area (TPSA) is 58.0 Å². The molecule has 0 aromatic carbocycles. The Morgan fingerprint density at radius 1 is 1.90 bits per heavy atom. The Kier molecular flexibility index (Phi) is 1.91. The maximum Gasteiger partial charge on any atom is 0.325 e. The van der Waals surface area contributed by atoms with Gasteiger partial charge in [-0.1, -0.05) is 0 Å². The summed E-state index contributed by atoms with van der Waals surface area (Å²) in [6.07, 6.45) is 3.16. The van der Waals surface area contributed by atoms with E-state index in [1.54, 1.807) is 19.3 Å². The van der Waals surface area contributed by atoms with Crippen molar-refractivity contribution in [1.82, 2.24) is 9.55 Å². The number of rotatable bonds is 2. The molecule has 0 fully saturated rings. The molecule has 0 aliphatic heterocycles. The van der Waals surface area contributed by atoms with Crippen LogP contribution in [0, 0.1) is 0 Å². The number of nitrogens with zero attached hydrogens (tertiary/aromatic N) is 1. The van der Waals surface area contributed by atoms with Crippen molar-refractivity contribution in [2.24, 2.45) is 0 Å². The molecule has 1 aromatic rings. The first-order chi connectivity index (χ1) is 4.75. The third-order valence-corrected chi connectivity index (χ3v) is 1.42. The van der Waals surface area contributed by atoms with E-state index in [0.717, 1.165) is 0 Å². The van der Waals surface area contributed by atoms with Crippen molar-refractivity contribution < 1.29 is 5.11 Å². The maximum atomic E-state index is 10.8. The first kappa shape index (κ1) is 7.08. The summed E-state index contributed by atoms with van der Waals surface area (Å²) in [7, 11) is 0. The second kappa shape index (κ2) is 2.70. The molecule has 4 heteroatoms. The summed E-state index contributed by atoms with van der Waals surface area (Å²) in [6.45, 7) is 1.76. The number of hydrogen-bond acceptors (Lipinski definition) is 2. The number of aliphatic hydroxyl groups is 1. The molecule has 0 saturated carbocycles. The van der Waals surface area contributed by atoms with Crippen LogP contribution < -0.4 is 5.69 Å². The lowest BCUT2D eigenvalue weighted by molar-refractivity contribution is 0.236. The number of aromatic amines is 1. The van der Waals surface area contributed by atoms with E-state index in [0.29, 0.717) is 0 Å². The summed E-state index contributed by atoms with van der Waals surface area (Å²) in [5.74, 6) is 0. The van der Waals surface area contributed by atoms with Crippen molar-refractivity contribution in [3.8, 4) is 0 Å². The fourth-order valence-electron chi connectivity index (χ4n) is 0.766. The molecule has 1 unspecified atom stereocenters. The number of nitrogens with one attached hydrogen (secondary N) is 1. The number of hydrogen-bond donors (Lipinski definition) is 2. The molecule has 1 atom stereocenters. The van der Waals surface area contributed by atoms with Gasteiger partial charge in [0.15, 0.2) is 0 Å². The monoisotopic (exact) mass is 142 g/mol. The average molecular weight is 142 g/mol. The van der Waals surface area contributed by atoms with Gasteiger partial charge in [-0.15, -0.1) is 0 Å². The Labute approximate surface area is 58.1 Å². The lowest BCUT2D eigenvalue weighted by Crippen LogP contribution is -2.21. The largest absolute Gasteiger partial charge is 0.394 e. The highest BCUT2D eigenvalue weighted by atomic mass is 16.3. The Morgan fingerprint density at radius 2 is 2.60 bits per heavy atom. The van der Waals surface area contributed by atoms with Gasteiger partial charge in [0.05, 0.1) is 12.6 Å². The summed E-state index contributed by atoms with van der Waals surface area (Å²) >= 11 is 0. The zero-order chi connectivity index (χ0) is 7.56. The van der Waals surface area contributed by atoms with Gasteiger partial charge in [-0.25, -0.2) is 4.79 Å². The molecule has 0 bridgehead atoms. The van der Waals surface area contributed by atoms with Crippen LogP contribution in [-0.4, -0.2) is 21.3 Å². The quantitative estimate of drug-likeness (QED) is 0.597. The lowest BCUT2D eigenvalue weighted by atomic mass is 10.4. The summed E-state index contributed by atoms with van der Waals surface area (Å²) in [6, 6.07) is -0.140. The van der Waals surface area contributed by atoms with Crippen molar-refractivity contribution in [2.45, 2.75) is 13.0 Å². The van der Waals surface area contributed by atoms with Crippen LogP contribution in [0.1, 0.15) is 13.0 Å². The molecule has 1 heterocycles. The number of imidazole rings is 1. The molecule has 10 heavy (non-hydrogen) atoms. The second-order valence-corrected chi connectivity index (χ2v) is 2.20. The van der Waals surface area contributed by atoms with E-state index in [4.69, 9.17) is 5.11 Å². The van der Waals surface area contributed by atoms with Crippen LogP contribution >= 0.6 is 0 Å². The fraction of sp³-hybridized carbons (Fsp3) is 0.500. The minimum atomic E-state index is -0.179. The molecular weight excluding hydrogens is 132 g/mol. The number of H-pyrrole nitrogens is 1. The van der Waals surface area contributed by atoms with Gasteiger partial charge >= 0.3 is 5.69 Å². The maximum absolute atomic E-state index is 10.8. The van der Waals surface area contributed by atoms with Crippen LogP contribution in [0.15, 0.2) is 17.2 Å². The van der Waals surface area contributed by atoms with Crippen molar-refractivity contribution in [3.63, 3.8) is 0 Å². The van der Waals surface area contributed by atoms with Crippen molar-refractivity contribution in [3.05, 3.63) is 22.9 Å². The van der Waals surface area contributed by atoms with Crippen molar-refractivity contribution in [2.75, 3.05) is 6.61 Å². The van der Waals surface area contributed by atoms with E-state index in [2.05, 4.69) is 4.98 Å². The SMILES string of the molecule is CC(CO)n1cc[nH]c1=O. The highest BCUT2D eigenvalue weighted by molar-refractivity contribution is 4.79. The molecule has 0 radical (unpaired) electrons. The predicted molar refractivity (Wildman–Crippen MR) is 36.8 cm³/mol. The van der Waals surface area contributed by atoms with Crippen LogP contribution in [0.5, 0.6) is 0 Å². The second-order valence-electron chi connectivity index (χ2n) is 2.20. The molecule has 2 N–H and O–H groups in total. The summed E-state index contributed by atoms with van der Waals surface area (Å²) in [5, 5.41) is 8.66. The highest BCUT2D eigenvalue weighted by Gasteiger charge is 2.03. The summed E-state index contributed by atoms with van der Waals surface area (Å²) in [4.78, 5) is 13.3. The Bertz CT molecular complexity index is 250. The fourth-order valence-corrected chi connectivity index (χ4v) is 0.766. The molecular formula is C6H10N2O2. The molecule has 0 aliphatic carbocycles. The average Bonchev–Trinajstić information content (AvgIpc) is 2.34. The molecule has 56 valence electrons. The van der Waals surface area contributed by atoms with Gasteiger partial charge in [0.25, 0.3) is 0 Å². The van der Waals surface area contributed by atoms with E-state index in [1.165, 1.54) is 4.57 Å². The number of aliphatic hydroxyl groups excluding tert-OH is 1. The normalized spacial score (nSPS) is 13.4. The van der Waals surface area contributed by atoms with Gasteiger partial charge in [-0.05, 0) is 6.92 Å². The zero-order valence-corrected chi connectivity index (χ0v) is 5.74. The molecule has 0 amide bonds. The molecule has 1 rings (SSSR count). The van der Waals surface area contributed by atoms with E-state index >= 15 is 0 Å². The molecule has 1 aromatic heterocycles. The Hall–Kier alpha value is -1.03. The van der Waals surface area contributed by atoms with Crippen LogP contribution in [0.4, 0.5) is 0 Å². The zero-order valence-electron chi connectivity index (χ0n) is 5.74. The molecule has 0 saturated heterocycles. The van der Waals surface area contributed by atoms with Crippen LogP contribution in [0.3, 0.4) is 0 Å². The Balaban J connectivity index is 2.93. The minimum Gasteiger partial charge on any atom is -0.394 e. The van der Waals surface area contributed by atoms with E-state index in [-0.39, 0.29) is 18.3 Å². The van der Waals surface area contributed by atoms with Crippen LogP contribution in [-0.2, 0) is 0 Å². The first-order valence-electron chi connectivity index (χ1n) is 3.12.